The van der Waals surface area contributed by atoms with Crippen LogP contribution < -0.4 is 20.5 Å². The molecule has 4 fully saturated rings. The molecule has 0 radical (unpaired) electrons. The van der Waals surface area contributed by atoms with Crippen molar-refractivity contribution in [3.63, 3.8) is 0 Å². The molecule has 1 aliphatic carbocycles. The van der Waals surface area contributed by atoms with Crippen LogP contribution in [-0.2, 0) is 19.6 Å². The van der Waals surface area contributed by atoms with Crippen LogP contribution in [0.15, 0.2) is 41.5 Å². The van der Waals surface area contributed by atoms with Crippen molar-refractivity contribution in [1.29, 1.82) is 0 Å². The van der Waals surface area contributed by atoms with Gasteiger partial charge in [0.25, 0.3) is 11.5 Å². The standard InChI is InChI=1S/C35H45N9O3/c1-39(2)25-9-13-43(14-10-25)26-5-6-29-30(18-26)44-34(37-29)38-31(45)24-17-27(32(46)40(3)21-24)28-19-36-41(4)33(28)47-16-15-42-20-23-7-11-35(44,22-42)12-8-23/h5-6,17-19,21,23,25H,7-16,20,22H2,1-4H3,(H,37,38,45). The zero-order chi connectivity index (χ0) is 32.4. The number of rotatable bonds is 2. The number of benzene rings is 1. The van der Waals surface area contributed by atoms with Crippen LogP contribution in [0.1, 0.15) is 48.9 Å². The minimum Gasteiger partial charge on any atom is -0.476 e. The second kappa shape index (κ2) is 11.5. The van der Waals surface area contributed by atoms with Gasteiger partial charge in [-0.3, -0.25) is 19.8 Å². The van der Waals surface area contributed by atoms with Crippen LogP contribution in [-0.4, -0.2) is 99.1 Å². The zero-order valence-corrected chi connectivity index (χ0v) is 27.9. The summed E-state index contributed by atoms with van der Waals surface area (Å²) in [7, 11) is 7.84. The van der Waals surface area contributed by atoms with E-state index in [2.05, 4.69) is 62.0 Å². The van der Waals surface area contributed by atoms with E-state index in [0.717, 1.165) is 82.3 Å². The molecule has 1 atom stereocenters. The lowest BCUT2D eigenvalue weighted by molar-refractivity contribution is 0.102. The van der Waals surface area contributed by atoms with Crippen molar-refractivity contribution in [1.82, 2.24) is 33.7 Å². The van der Waals surface area contributed by atoms with E-state index in [1.54, 1.807) is 30.2 Å². The predicted octanol–water partition coefficient (Wildman–Crippen LogP) is 3.51. The maximum absolute atomic E-state index is 14.1. The summed E-state index contributed by atoms with van der Waals surface area (Å²) >= 11 is 0. The second-order valence-corrected chi connectivity index (χ2v) is 14.4. The van der Waals surface area contributed by atoms with E-state index >= 15 is 0 Å². The van der Waals surface area contributed by atoms with Crippen molar-refractivity contribution in [3.8, 4) is 17.0 Å². The number of piperidine rings is 1. The SMILES string of the molecule is CN(C)C1CCN(c2ccc3nc4n(c3c2)C23CCC(CC2)CN(CCOc2c(cnn2C)-c2cc(cn(C)c2=O)C(=O)N4)C3)CC1. The fourth-order valence-electron chi connectivity index (χ4n) is 8.59. The number of hydrogen-bond acceptors (Lipinski definition) is 8. The van der Waals surface area contributed by atoms with Gasteiger partial charge in [0.2, 0.25) is 11.8 Å². The van der Waals surface area contributed by atoms with Gasteiger partial charge in [0.1, 0.15) is 6.61 Å². The number of nitrogens with zero attached hydrogens (tertiary/aromatic N) is 8. The summed E-state index contributed by atoms with van der Waals surface area (Å²) in [5.74, 6) is 1.42. The minimum absolute atomic E-state index is 0.217. The highest BCUT2D eigenvalue weighted by molar-refractivity contribution is 6.04. The Hall–Kier alpha value is -4.16. The van der Waals surface area contributed by atoms with Gasteiger partial charge in [0.15, 0.2) is 0 Å². The first-order valence-electron chi connectivity index (χ1n) is 17.0. The van der Waals surface area contributed by atoms with Crippen molar-refractivity contribution >= 4 is 28.6 Å². The number of carbonyl (C=O) groups excluding carboxylic acids is 1. The summed E-state index contributed by atoms with van der Waals surface area (Å²) in [6.45, 7) is 5.12. The molecule has 4 aromatic rings. The van der Waals surface area contributed by atoms with E-state index in [1.165, 1.54) is 10.3 Å². The van der Waals surface area contributed by atoms with Gasteiger partial charge in [-0.2, -0.15) is 5.10 Å². The maximum Gasteiger partial charge on any atom is 0.259 e. The first-order valence-corrected chi connectivity index (χ1v) is 17.0. The van der Waals surface area contributed by atoms with E-state index in [0.29, 0.717) is 47.1 Å². The number of carbonyl (C=O) groups is 1. The fourth-order valence-corrected chi connectivity index (χ4v) is 8.59. The van der Waals surface area contributed by atoms with Crippen molar-refractivity contribution in [2.24, 2.45) is 20.0 Å². The molecular weight excluding hydrogens is 594 g/mol. The Kier molecular flexibility index (Phi) is 7.40. The van der Waals surface area contributed by atoms with Crippen molar-refractivity contribution < 1.29 is 9.53 Å². The number of ether oxygens (including phenoxy) is 1. The van der Waals surface area contributed by atoms with E-state index in [4.69, 9.17) is 9.72 Å². The molecule has 5 bridgehead atoms. The smallest absolute Gasteiger partial charge is 0.259 e. The largest absolute Gasteiger partial charge is 0.476 e. The van der Waals surface area contributed by atoms with Crippen LogP contribution in [0.25, 0.3) is 22.2 Å². The van der Waals surface area contributed by atoms with Crippen molar-refractivity contribution in [3.05, 3.63) is 52.6 Å². The Balaban J connectivity index is 1.26. The minimum atomic E-state index is -0.304. The van der Waals surface area contributed by atoms with Gasteiger partial charge in [-0.25, -0.2) is 9.67 Å². The normalized spacial score (nSPS) is 25.0. The Bertz CT molecular complexity index is 1890. The number of nitrogens with one attached hydrogen (secondary N) is 1. The summed E-state index contributed by atoms with van der Waals surface area (Å²) in [6, 6.07) is 8.86. The molecule has 12 heteroatoms. The number of imidazole rings is 1. The number of anilines is 2. The predicted molar refractivity (Wildman–Crippen MR) is 182 cm³/mol. The van der Waals surface area contributed by atoms with E-state index < -0.39 is 0 Å². The quantitative estimate of drug-likeness (QED) is 0.356. The molecule has 9 rings (SSSR count). The van der Waals surface area contributed by atoms with Gasteiger partial charge in [0.05, 0.1) is 39.5 Å². The Labute approximate surface area is 274 Å². The molecule has 12 nitrogen and oxygen atoms in total. The molecule has 1 unspecified atom stereocenters. The summed E-state index contributed by atoms with van der Waals surface area (Å²) < 4.78 is 11.9. The molecule has 1 spiro atoms. The Morgan fingerprint density at radius 2 is 1.79 bits per heavy atom. The van der Waals surface area contributed by atoms with Gasteiger partial charge in [0, 0.05) is 64.7 Å². The van der Waals surface area contributed by atoms with Crippen molar-refractivity contribution in [2.45, 2.75) is 50.1 Å². The van der Waals surface area contributed by atoms with Crippen LogP contribution in [0.3, 0.4) is 0 Å². The monoisotopic (exact) mass is 639 g/mol. The highest BCUT2D eigenvalue weighted by Gasteiger charge is 2.44. The third-order valence-electron chi connectivity index (χ3n) is 11.2. The molecule has 1 N–H and O–H groups in total. The molecule has 1 saturated carbocycles. The third-order valence-corrected chi connectivity index (χ3v) is 11.2. The molecule has 1 aromatic carbocycles. The Morgan fingerprint density at radius 1 is 1.00 bits per heavy atom. The molecular formula is C35H45N9O3. The Morgan fingerprint density at radius 3 is 2.55 bits per heavy atom. The lowest BCUT2D eigenvalue weighted by atomic mass is 9.78. The highest BCUT2D eigenvalue weighted by atomic mass is 16.5. The van der Waals surface area contributed by atoms with Crippen LogP contribution >= 0.6 is 0 Å². The van der Waals surface area contributed by atoms with Crippen LogP contribution in [0.5, 0.6) is 5.88 Å². The molecule has 3 aromatic heterocycles. The summed E-state index contributed by atoms with van der Waals surface area (Å²) in [5.41, 5.74) is 4.04. The van der Waals surface area contributed by atoms with Gasteiger partial charge >= 0.3 is 0 Å². The lowest BCUT2D eigenvalue weighted by Crippen LogP contribution is -2.45. The molecule has 1 amide bonds. The summed E-state index contributed by atoms with van der Waals surface area (Å²) in [6.07, 6.45) is 9.83. The number of aromatic nitrogens is 5. The summed E-state index contributed by atoms with van der Waals surface area (Å²) in [4.78, 5) is 40.0. The molecule has 3 saturated heterocycles. The van der Waals surface area contributed by atoms with Crippen molar-refractivity contribution in [2.75, 3.05) is 63.6 Å². The number of pyridine rings is 1. The van der Waals surface area contributed by atoms with Gasteiger partial charge in [-0.15, -0.1) is 0 Å². The van der Waals surface area contributed by atoms with Gasteiger partial charge in [-0.1, -0.05) is 0 Å². The maximum atomic E-state index is 14.1. The number of amides is 1. The van der Waals surface area contributed by atoms with E-state index in [-0.39, 0.29) is 17.0 Å². The van der Waals surface area contributed by atoms with Gasteiger partial charge < -0.3 is 23.7 Å². The fraction of sp³-hybridized carbons (Fsp3) is 0.543. The molecule has 47 heavy (non-hydrogen) atoms. The molecule has 248 valence electrons. The lowest BCUT2D eigenvalue weighted by Gasteiger charge is -2.40. The molecule has 7 heterocycles. The van der Waals surface area contributed by atoms with Crippen LogP contribution in [0, 0.1) is 5.92 Å². The topological polar surface area (TPSA) is 106 Å². The van der Waals surface area contributed by atoms with Crippen LogP contribution in [0.4, 0.5) is 11.6 Å². The van der Waals surface area contributed by atoms with E-state index in [9.17, 15) is 9.59 Å². The molecule has 4 aliphatic heterocycles. The van der Waals surface area contributed by atoms with Crippen LogP contribution in [0.2, 0.25) is 0 Å². The first kappa shape index (κ1) is 30.2. The number of aryl methyl sites for hydroxylation is 2. The zero-order valence-electron chi connectivity index (χ0n) is 27.9. The van der Waals surface area contributed by atoms with E-state index in [1.807, 2.05) is 7.05 Å². The second-order valence-electron chi connectivity index (χ2n) is 14.4. The number of hydrogen-bond donors (Lipinski definition) is 1. The average molecular weight is 640 g/mol. The molecule has 5 aliphatic rings. The van der Waals surface area contributed by atoms with Gasteiger partial charge in [-0.05, 0) is 82.8 Å². The first-order chi connectivity index (χ1) is 22.7. The highest BCUT2D eigenvalue weighted by Crippen LogP contribution is 2.46. The average Bonchev–Trinajstić information content (AvgIpc) is 3.49. The summed E-state index contributed by atoms with van der Waals surface area (Å²) in [5, 5.41) is 7.64. The third kappa shape index (κ3) is 5.22. The number of fused-ring (bicyclic) bond motifs is 9.